The van der Waals surface area contributed by atoms with Gasteiger partial charge >= 0.3 is 5.97 Å². The van der Waals surface area contributed by atoms with Crippen molar-refractivity contribution >= 4 is 17.8 Å². The monoisotopic (exact) mass is 265 g/mol. The smallest absolute Gasteiger partial charge is 0.316 e. The summed E-state index contributed by atoms with van der Waals surface area (Å²) in [5.74, 6) is -4.97. The fourth-order valence-corrected chi connectivity index (χ4v) is 2.24. The van der Waals surface area contributed by atoms with Gasteiger partial charge in [-0.25, -0.2) is 4.39 Å². The highest BCUT2D eigenvalue weighted by Crippen LogP contribution is 2.34. The fraction of sp³-hybridized carbons (Fsp3) is 0.308. The van der Waals surface area contributed by atoms with Crippen LogP contribution < -0.4 is 0 Å². The Morgan fingerprint density at radius 3 is 2.42 bits per heavy atom. The van der Waals surface area contributed by atoms with Crippen molar-refractivity contribution in [3.63, 3.8) is 0 Å². The summed E-state index contributed by atoms with van der Waals surface area (Å²) in [6.07, 6.45) is -0.0785. The molecule has 100 valence electrons. The predicted octanol–water partition coefficient (Wildman–Crippen LogP) is 0.999. The molecule has 1 N–H and O–H groups in total. The van der Waals surface area contributed by atoms with Crippen LogP contribution in [0.25, 0.3) is 0 Å². The zero-order chi connectivity index (χ0) is 14.2. The van der Waals surface area contributed by atoms with E-state index in [1.807, 2.05) is 0 Å². The number of carbonyl (C=O) groups is 3. The van der Waals surface area contributed by atoms with E-state index in [2.05, 4.69) is 0 Å². The van der Waals surface area contributed by atoms with Crippen LogP contribution in [0.4, 0.5) is 4.39 Å². The van der Waals surface area contributed by atoms with Crippen LogP contribution in [0.5, 0.6) is 0 Å². The van der Waals surface area contributed by atoms with Crippen LogP contribution in [-0.4, -0.2) is 34.8 Å². The third-order valence-electron chi connectivity index (χ3n) is 3.33. The highest BCUT2D eigenvalue weighted by atomic mass is 19.1. The molecule has 0 radical (unpaired) electrons. The zero-order valence-corrected chi connectivity index (χ0v) is 10.2. The topological polar surface area (TPSA) is 74.7 Å². The van der Waals surface area contributed by atoms with Gasteiger partial charge in [0.15, 0.2) is 0 Å². The second kappa shape index (κ2) is 4.79. The molecule has 1 fully saturated rings. The van der Waals surface area contributed by atoms with Crippen molar-refractivity contribution in [1.29, 1.82) is 0 Å². The van der Waals surface area contributed by atoms with E-state index in [0.29, 0.717) is 5.56 Å². The maximum atomic E-state index is 12.9. The largest absolute Gasteiger partial charge is 0.481 e. The van der Waals surface area contributed by atoms with E-state index in [4.69, 9.17) is 5.11 Å². The molecule has 0 spiro atoms. The average Bonchev–Trinajstić information content (AvgIpc) is 2.36. The Bertz CT molecular complexity index is 540. The van der Waals surface area contributed by atoms with Gasteiger partial charge < -0.3 is 5.11 Å². The molecule has 0 unspecified atom stereocenters. The predicted molar refractivity (Wildman–Crippen MR) is 62.7 cm³/mol. The standard InChI is InChI=1S/C13H12FNO4/c1-15-10(16)6-9(11(12(15)17)13(18)19)7-2-4-8(14)5-3-7/h2-5,9,11H,6H2,1H3,(H,18,19)/t9-,11-/m1/s1. The van der Waals surface area contributed by atoms with Crippen LogP contribution in [0, 0.1) is 11.7 Å². The molecule has 0 bridgehead atoms. The highest BCUT2D eigenvalue weighted by Gasteiger charge is 2.44. The number of halogens is 1. The molecule has 2 atom stereocenters. The Hall–Kier alpha value is -2.24. The van der Waals surface area contributed by atoms with Crippen molar-refractivity contribution in [1.82, 2.24) is 4.90 Å². The molecule has 1 aliphatic heterocycles. The molecule has 1 aromatic carbocycles. The van der Waals surface area contributed by atoms with Gasteiger partial charge in [-0.3, -0.25) is 19.3 Å². The summed E-state index contributed by atoms with van der Waals surface area (Å²) in [5, 5.41) is 9.17. The Morgan fingerprint density at radius 2 is 1.89 bits per heavy atom. The summed E-state index contributed by atoms with van der Waals surface area (Å²) in [5.41, 5.74) is 0.476. The van der Waals surface area contributed by atoms with Crippen LogP contribution in [0.1, 0.15) is 17.9 Å². The van der Waals surface area contributed by atoms with E-state index in [1.54, 1.807) is 0 Å². The van der Waals surface area contributed by atoms with E-state index in [9.17, 15) is 18.8 Å². The quantitative estimate of drug-likeness (QED) is 0.639. The van der Waals surface area contributed by atoms with Crippen molar-refractivity contribution in [2.24, 2.45) is 5.92 Å². The van der Waals surface area contributed by atoms with Crippen molar-refractivity contribution in [3.8, 4) is 0 Å². The summed E-state index contributed by atoms with van der Waals surface area (Å²) in [6, 6.07) is 5.17. The van der Waals surface area contributed by atoms with E-state index in [-0.39, 0.29) is 6.42 Å². The first-order chi connectivity index (χ1) is 8.91. The lowest BCUT2D eigenvalue weighted by atomic mass is 9.79. The number of aliphatic carboxylic acids is 1. The van der Waals surface area contributed by atoms with E-state index < -0.39 is 35.4 Å². The van der Waals surface area contributed by atoms with E-state index in [1.165, 1.54) is 31.3 Å². The minimum absolute atomic E-state index is 0.0785. The van der Waals surface area contributed by atoms with Gasteiger partial charge in [-0.1, -0.05) is 12.1 Å². The second-order valence-electron chi connectivity index (χ2n) is 4.47. The number of nitrogens with zero attached hydrogens (tertiary/aromatic N) is 1. The fourth-order valence-electron chi connectivity index (χ4n) is 2.24. The number of likely N-dealkylation sites (tertiary alicyclic amines) is 1. The maximum Gasteiger partial charge on any atom is 0.316 e. The molecular formula is C13H12FNO4. The third kappa shape index (κ3) is 2.33. The third-order valence-corrected chi connectivity index (χ3v) is 3.33. The van der Waals surface area contributed by atoms with Gasteiger partial charge in [0.05, 0.1) is 0 Å². The van der Waals surface area contributed by atoms with Gasteiger partial charge in [0.1, 0.15) is 11.7 Å². The van der Waals surface area contributed by atoms with Crippen molar-refractivity contribution in [3.05, 3.63) is 35.6 Å². The maximum absolute atomic E-state index is 12.9. The molecule has 2 rings (SSSR count). The lowest BCUT2D eigenvalue weighted by Crippen LogP contribution is -2.48. The van der Waals surface area contributed by atoms with Crippen LogP contribution in [0.2, 0.25) is 0 Å². The lowest BCUT2D eigenvalue weighted by molar-refractivity contribution is -0.159. The summed E-state index contributed by atoms with van der Waals surface area (Å²) in [7, 11) is 1.27. The molecule has 1 heterocycles. The SMILES string of the molecule is CN1C(=O)C[C@H](c2ccc(F)cc2)[C@@H](C(=O)O)C1=O. The Kier molecular flexibility index (Phi) is 3.33. The van der Waals surface area contributed by atoms with E-state index in [0.717, 1.165) is 4.90 Å². The summed E-state index contributed by atoms with van der Waals surface area (Å²) >= 11 is 0. The first-order valence-electron chi connectivity index (χ1n) is 5.70. The summed E-state index contributed by atoms with van der Waals surface area (Å²) < 4.78 is 12.9. The van der Waals surface area contributed by atoms with Gasteiger partial charge in [-0.2, -0.15) is 0 Å². The first-order valence-corrected chi connectivity index (χ1v) is 5.70. The van der Waals surface area contributed by atoms with E-state index >= 15 is 0 Å². The number of benzene rings is 1. The minimum atomic E-state index is -1.31. The average molecular weight is 265 g/mol. The number of hydrogen-bond acceptors (Lipinski definition) is 3. The molecule has 19 heavy (non-hydrogen) atoms. The Balaban J connectivity index is 2.41. The molecular weight excluding hydrogens is 253 g/mol. The van der Waals surface area contributed by atoms with Crippen LogP contribution in [-0.2, 0) is 14.4 Å². The number of carbonyl (C=O) groups excluding carboxylic acids is 2. The van der Waals surface area contributed by atoms with Gasteiger partial charge in [-0.15, -0.1) is 0 Å². The molecule has 5 nitrogen and oxygen atoms in total. The van der Waals surface area contributed by atoms with Crippen LogP contribution >= 0.6 is 0 Å². The molecule has 1 saturated heterocycles. The minimum Gasteiger partial charge on any atom is -0.481 e. The van der Waals surface area contributed by atoms with Gasteiger partial charge in [0, 0.05) is 19.4 Å². The van der Waals surface area contributed by atoms with Crippen LogP contribution in [0.15, 0.2) is 24.3 Å². The first kappa shape index (κ1) is 13.2. The lowest BCUT2D eigenvalue weighted by Gasteiger charge is -2.32. The highest BCUT2D eigenvalue weighted by molar-refractivity contribution is 6.08. The summed E-state index contributed by atoms with van der Waals surface area (Å²) in [6.45, 7) is 0. The van der Waals surface area contributed by atoms with Crippen molar-refractivity contribution in [2.45, 2.75) is 12.3 Å². The number of piperidine rings is 1. The summed E-state index contributed by atoms with van der Waals surface area (Å²) in [4.78, 5) is 35.6. The van der Waals surface area contributed by atoms with Gasteiger partial charge in [0.2, 0.25) is 11.8 Å². The van der Waals surface area contributed by atoms with Crippen molar-refractivity contribution < 1.29 is 23.9 Å². The molecule has 1 aromatic rings. The zero-order valence-electron chi connectivity index (χ0n) is 10.2. The Morgan fingerprint density at radius 1 is 1.32 bits per heavy atom. The molecule has 0 aliphatic carbocycles. The number of imide groups is 1. The number of carboxylic acids is 1. The number of carboxylic acid groups (broad SMARTS) is 1. The van der Waals surface area contributed by atoms with Gasteiger partial charge in [-0.05, 0) is 17.7 Å². The van der Waals surface area contributed by atoms with Gasteiger partial charge in [0.25, 0.3) is 0 Å². The molecule has 0 saturated carbocycles. The molecule has 1 aliphatic rings. The van der Waals surface area contributed by atoms with Crippen molar-refractivity contribution in [2.75, 3.05) is 7.05 Å². The van der Waals surface area contributed by atoms with Crippen LogP contribution in [0.3, 0.4) is 0 Å². The second-order valence-corrected chi connectivity index (χ2v) is 4.47. The molecule has 6 heteroatoms. The normalized spacial score (nSPS) is 23.6. The number of rotatable bonds is 2. The Labute approximate surface area is 108 Å². The number of amides is 2. The molecule has 0 aromatic heterocycles. The number of hydrogen-bond donors (Lipinski definition) is 1. The molecule has 2 amide bonds.